The zero-order valence-corrected chi connectivity index (χ0v) is 39.5. The van der Waals surface area contributed by atoms with E-state index in [4.69, 9.17) is 19.9 Å². The first-order valence-corrected chi connectivity index (χ1v) is 22.3. The van der Waals surface area contributed by atoms with Crippen LogP contribution in [0.15, 0.2) is 97.1 Å². The van der Waals surface area contributed by atoms with Gasteiger partial charge in [-0.3, -0.25) is 0 Å². The van der Waals surface area contributed by atoms with Gasteiger partial charge >= 0.3 is 0 Å². The van der Waals surface area contributed by atoms with Crippen molar-refractivity contribution < 1.29 is 52.8 Å². The zero-order chi connectivity index (χ0) is 40.3. The average molecular weight is 949 g/mol. The molecule has 5 aromatic carbocycles. The van der Waals surface area contributed by atoms with Crippen LogP contribution >= 0.6 is 0 Å². The van der Waals surface area contributed by atoms with Crippen molar-refractivity contribution in [1.29, 1.82) is 0 Å². The summed E-state index contributed by atoms with van der Waals surface area (Å²) in [6.45, 7) is 7.09. The van der Waals surface area contributed by atoms with E-state index in [2.05, 4.69) is 130 Å². The Bertz CT molecular complexity index is 2440. The second kappa shape index (κ2) is 19.7. The lowest BCUT2D eigenvalue weighted by molar-refractivity contribution is -0.724. The van der Waals surface area contributed by atoms with Gasteiger partial charge < -0.3 is 43.4 Å². The molecule has 0 spiro atoms. The van der Waals surface area contributed by atoms with Crippen LogP contribution < -0.4 is 52.8 Å². The Labute approximate surface area is 382 Å². The molecule has 0 atom stereocenters. The molecule has 2 aliphatic heterocycles. The van der Waals surface area contributed by atoms with Crippen LogP contribution in [0.1, 0.15) is 124 Å². The molecule has 7 aromatic rings. The highest BCUT2D eigenvalue weighted by Crippen LogP contribution is 2.55. The predicted molar refractivity (Wildman–Crippen MR) is 235 cm³/mol. The molecule has 0 saturated heterocycles. The highest BCUT2D eigenvalue weighted by Gasteiger charge is 2.43. The Morgan fingerprint density at radius 2 is 0.967 bits per heavy atom. The molecular weight excluding hydrogens is 888 g/mol. The molecule has 4 heterocycles. The number of hydrogen-bond acceptors (Lipinski definition) is 4. The van der Waals surface area contributed by atoms with E-state index in [0.717, 1.165) is 44.7 Å². The number of nitrogens with zero attached hydrogens (tertiary/aromatic N) is 6. The summed E-state index contributed by atoms with van der Waals surface area (Å²) in [5, 5.41) is 10.6. The van der Waals surface area contributed by atoms with Gasteiger partial charge in [0.1, 0.15) is 37.7 Å². The molecule has 0 amide bonds. The molecule has 2 aromatic heterocycles. The lowest BCUT2D eigenvalue weighted by atomic mass is 9.70. The van der Waals surface area contributed by atoms with Crippen LogP contribution in [0.5, 0.6) is 11.5 Å². The average Bonchev–Trinajstić information content (AvgIpc) is 3.87. The fourth-order valence-electron chi connectivity index (χ4n) is 10.2. The summed E-state index contributed by atoms with van der Waals surface area (Å²) in [6.07, 6.45) is 15.2. The second-order valence-corrected chi connectivity index (χ2v) is 17.0. The first-order valence-electron chi connectivity index (χ1n) is 22.3. The van der Waals surface area contributed by atoms with Crippen LogP contribution in [-0.4, -0.2) is 34.0 Å². The molecule has 8 nitrogen and oxygen atoms in total. The Kier molecular flexibility index (Phi) is 14.3. The van der Waals surface area contributed by atoms with E-state index in [0.29, 0.717) is 26.2 Å². The van der Waals surface area contributed by atoms with Gasteiger partial charge in [-0.1, -0.05) is 139 Å². The number of benzene rings is 5. The summed E-state index contributed by atoms with van der Waals surface area (Å²) in [5.41, 5.74) is 14.8. The molecule has 61 heavy (non-hydrogen) atoms. The van der Waals surface area contributed by atoms with Crippen molar-refractivity contribution in [3.05, 3.63) is 130 Å². The van der Waals surface area contributed by atoms with Crippen LogP contribution in [0.3, 0.4) is 0 Å². The Morgan fingerprint density at radius 1 is 0.541 bits per heavy atom. The number of rotatable bonds is 14. The smallest absolute Gasteiger partial charge is 0.198 e. The van der Waals surface area contributed by atoms with Crippen molar-refractivity contribution in [3.8, 4) is 22.6 Å². The summed E-state index contributed by atoms with van der Waals surface area (Å²) in [7, 11) is 3.49. The standard InChI is InChI=1S/C51H60N6O2.2BrH/c1-5-7-9-11-17-27-51(28-18-12-10-8-6-2)43-29-37-23-25-41(43)42-26-24-38(30-44(42)51)34-55-46-20-14-16-22-48(46)57(53-55)36-40-31-49(58-3)39(32-50(40)59-4)35-56-47-21-15-13-19-45(47)54(33-37)52-56;;/h13-16,19-26,29-32H,5-12,17-18,27-28,33-36H2,1-4H3;2*1H/q+2;;/p-2. The molecule has 10 rings (SSSR count). The largest absolute Gasteiger partial charge is 1.00 e. The summed E-state index contributed by atoms with van der Waals surface area (Å²) < 4.78 is 20.8. The van der Waals surface area contributed by atoms with Gasteiger partial charge in [0.15, 0.2) is 22.1 Å². The number of ether oxygens (including phenoxy) is 2. The number of aromatic nitrogens is 6. The van der Waals surface area contributed by atoms with Crippen molar-refractivity contribution in [2.45, 2.75) is 122 Å². The molecule has 0 fully saturated rings. The maximum atomic E-state index is 6.08. The van der Waals surface area contributed by atoms with E-state index in [-0.39, 0.29) is 39.4 Å². The monoisotopic (exact) mass is 946 g/mol. The van der Waals surface area contributed by atoms with E-state index in [1.54, 1.807) is 14.2 Å². The number of methoxy groups -OCH3 is 2. The second-order valence-electron chi connectivity index (χ2n) is 17.0. The van der Waals surface area contributed by atoms with Crippen molar-refractivity contribution in [2.75, 3.05) is 14.2 Å². The van der Waals surface area contributed by atoms with E-state index >= 15 is 0 Å². The number of para-hydroxylation sites is 4. The third kappa shape index (κ3) is 8.64. The lowest BCUT2D eigenvalue weighted by Gasteiger charge is -2.33. The molecule has 0 N–H and O–H groups in total. The Morgan fingerprint density at radius 3 is 1.39 bits per heavy atom. The maximum absolute atomic E-state index is 6.08. The third-order valence-corrected chi connectivity index (χ3v) is 13.2. The number of fused-ring (bicyclic) bond motifs is 5. The topological polar surface area (TPSA) is 61.9 Å². The van der Waals surface area contributed by atoms with Crippen LogP contribution in [0.2, 0.25) is 0 Å². The highest BCUT2D eigenvalue weighted by molar-refractivity contribution is 5.82. The molecular formula is C51H60Br2N6O2. The normalized spacial score (nSPS) is 13.6. The number of hydrogen-bond donors (Lipinski definition) is 0. The van der Waals surface area contributed by atoms with Gasteiger partial charge in [0.25, 0.3) is 0 Å². The third-order valence-electron chi connectivity index (χ3n) is 13.2. The molecule has 1 aliphatic carbocycles. The van der Waals surface area contributed by atoms with Gasteiger partial charge in [-0.25, -0.2) is 0 Å². The molecule has 0 radical (unpaired) electrons. The van der Waals surface area contributed by atoms with Crippen molar-refractivity contribution >= 4 is 22.1 Å². The summed E-state index contributed by atoms with van der Waals surface area (Å²) in [5.74, 6) is 1.61. The fourth-order valence-corrected chi connectivity index (χ4v) is 10.2. The minimum atomic E-state index is -0.0387. The van der Waals surface area contributed by atoms with E-state index in [9.17, 15) is 0 Å². The van der Waals surface area contributed by atoms with Crippen LogP contribution in [0.4, 0.5) is 0 Å². The van der Waals surface area contributed by atoms with E-state index < -0.39 is 0 Å². The van der Waals surface area contributed by atoms with Crippen LogP contribution in [-0.2, 0) is 31.6 Å². The predicted octanol–water partition coefficient (Wildman–Crippen LogP) is 4.48. The zero-order valence-electron chi connectivity index (χ0n) is 36.3. The molecule has 0 unspecified atom stereocenters. The lowest BCUT2D eigenvalue weighted by Crippen LogP contribution is -3.00. The van der Waals surface area contributed by atoms with Gasteiger partial charge in [-0.2, -0.15) is 0 Å². The molecule has 10 heteroatoms. The maximum Gasteiger partial charge on any atom is 0.198 e. The highest BCUT2D eigenvalue weighted by atomic mass is 79.9. The van der Waals surface area contributed by atoms with Crippen molar-refractivity contribution in [2.24, 2.45) is 0 Å². The van der Waals surface area contributed by atoms with Crippen LogP contribution in [0.25, 0.3) is 33.2 Å². The first-order chi connectivity index (χ1) is 29.0. The van der Waals surface area contributed by atoms with Gasteiger partial charge in [-0.15, -0.1) is 18.7 Å². The van der Waals surface area contributed by atoms with Gasteiger partial charge in [0, 0.05) is 16.5 Å². The number of halogens is 2. The van der Waals surface area contributed by atoms with E-state index in [1.807, 2.05) is 0 Å². The van der Waals surface area contributed by atoms with Gasteiger partial charge in [0.2, 0.25) is 0 Å². The molecule has 320 valence electrons. The SMILES string of the molecule is CCCCCCCC1(CCCCCCC)c2cc3ccc2-c2ccc(cc21)C[n+]1nn(c2ccccc21)Cc1cc(OC)c(cc1OC)Cn1n[n+](c2ccccc21)C3.[Br-].[Br-]. The summed E-state index contributed by atoms with van der Waals surface area (Å²) in [6, 6.07) is 36.1. The quantitative estimate of drug-likeness (QED) is 0.119. The van der Waals surface area contributed by atoms with Gasteiger partial charge in [0.05, 0.1) is 24.6 Å². The minimum Gasteiger partial charge on any atom is -1.00 e. The molecule has 10 bridgehead atoms. The van der Waals surface area contributed by atoms with Crippen molar-refractivity contribution in [3.63, 3.8) is 0 Å². The Hall–Kier alpha value is -4.54. The van der Waals surface area contributed by atoms with Crippen molar-refractivity contribution in [1.82, 2.24) is 19.8 Å². The van der Waals surface area contributed by atoms with Crippen LogP contribution in [0, 0.1) is 0 Å². The summed E-state index contributed by atoms with van der Waals surface area (Å²) in [4.78, 5) is 0. The van der Waals surface area contributed by atoms with Gasteiger partial charge in [-0.05, 0) is 82.6 Å². The first kappa shape index (κ1) is 44.5. The summed E-state index contributed by atoms with van der Waals surface area (Å²) >= 11 is 0. The fraction of sp³-hybridized carbons (Fsp3) is 0.412. The molecule has 0 saturated carbocycles. The minimum absolute atomic E-state index is 0. The Balaban J connectivity index is 0.00000281. The number of unbranched alkanes of at least 4 members (excludes halogenated alkanes) is 8. The van der Waals surface area contributed by atoms with E-state index in [1.165, 1.54) is 110 Å². The molecule has 3 aliphatic rings.